The van der Waals surface area contributed by atoms with E-state index < -0.39 is 0 Å². The SMILES string of the molecule is CC(=O)C1=CN([O-])CC=C1. The second-order valence-corrected chi connectivity index (χ2v) is 2.14. The fourth-order valence-corrected chi connectivity index (χ4v) is 0.743. The van der Waals surface area contributed by atoms with Crippen molar-refractivity contribution >= 4 is 5.78 Å². The lowest BCUT2D eigenvalue weighted by Gasteiger charge is -2.27. The summed E-state index contributed by atoms with van der Waals surface area (Å²) < 4.78 is 0. The molecule has 0 amide bonds. The number of ketones is 1. The number of hydroxylamine groups is 2. The summed E-state index contributed by atoms with van der Waals surface area (Å²) in [5.41, 5.74) is 0.473. The van der Waals surface area contributed by atoms with Crippen molar-refractivity contribution in [3.05, 3.63) is 29.1 Å². The molecule has 0 bridgehead atoms. The molecule has 0 aromatic rings. The van der Waals surface area contributed by atoms with Crippen molar-refractivity contribution in [2.24, 2.45) is 0 Å². The van der Waals surface area contributed by atoms with Gasteiger partial charge in [0, 0.05) is 12.1 Å². The fourth-order valence-electron chi connectivity index (χ4n) is 0.743. The summed E-state index contributed by atoms with van der Waals surface area (Å²) in [6.07, 6.45) is 4.64. The molecule has 1 heterocycles. The molecule has 3 heteroatoms. The lowest BCUT2D eigenvalue weighted by Crippen LogP contribution is -2.14. The zero-order valence-electron chi connectivity index (χ0n) is 5.70. The van der Waals surface area contributed by atoms with Gasteiger partial charge in [0.2, 0.25) is 0 Å². The van der Waals surface area contributed by atoms with Crippen molar-refractivity contribution in [1.82, 2.24) is 5.06 Å². The molecule has 0 spiro atoms. The molecule has 1 aliphatic rings. The molecule has 0 N–H and O–H groups in total. The Labute approximate surface area is 59.2 Å². The number of allylic oxidation sites excluding steroid dienone is 2. The summed E-state index contributed by atoms with van der Waals surface area (Å²) in [6, 6.07) is 0. The van der Waals surface area contributed by atoms with Crippen molar-refractivity contribution in [1.29, 1.82) is 0 Å². The van der Waals surface area contributed by atoms with Gasteiger partial charge >= 0.3 is 0 Å². The van der Waals surface area contributed by atoms with E-state index >= 15 is 0 Å². The third-order valence-electron chi connectivity index (χ3n) is 1.27. The molecule has 54 valence electrons. The topological polar surface area (TPSA) is 43.4 Å². The molecule has 0 atom stereocenters. The van der Waals surface area contributed by atoms with E-state index in [9.17, 15) is 10.0 Å². The predicted octanol–water partition coefficient (Wildman–Crippen LogP) is 0.829. The van der Waals surface area contributed by atoms with Gasteiger partial charge in [-0.25, -0.2) is 0 Å². The van der Waals surface area contributed by atoms with Gasteiger partial charge in [-0.05, 0) is 13.1 Å². The Morgan fingerprint density at radius 3 is 2.90 bits per heavy atom. The second-order valence-electron chi connectivity index (χ2n) is 2.14. The van der Waals surface area contributed by atoms with E-state index in [1.54, 1.807) is 12.2 Å². The summed E-state index contributed by atoms with van der Waals surface area (Å²) in [5.74, 6) is -0.0724. The van der Waals surface area contributed by atoms with E-state index in [4.69, 9.17) is 0 Å². The van der Waals surface area contributed by atoms with E-state index in [0.717, 1.165) is 5.06 Å². The molecule has 0 saturated carbocycles. The minimum Gasteiger partial charge on any atom is -0.758 e. The highest BCUT2D eigenvalue weighted by molar-refractivity contribution is 5.96. The van der Waals surface area contributed by atoms with E-state index in [2.05, 4.69) is 0 Å². The van der Waals surface area contributed by atoms with Crippen molar-refractivity contribution in [3.63, 3.8) is 0 Å². The van der Waals surface area contributed by atoms with Gasteiger partial charge in [-0.3, -0.25) is 4.79 Å². The largest absolute Gasteiger partial charge is 0.758 e. The molecule has 0 aromatic heterocycles. The molecule has 0 aromatic carbocycles. The molecule has 0 fully saturated rings. The van der Waals surface area contributed by atoms with Gasteiger partial charge in [0.05, 0.1) is 0 Å². The van der Waals surface area contributed by atoms with Gasteiger partial charge in [0.25, 0.3) is 0 Å². The third-order valence-corrected chi connectivity index (χ3v) is 1.27. The number of carbonyl (C=O) groups excluding carboxylic acids is 1. The average Bonchev–Trinajstić information content (AvgIpc) is 1.88. The average molecular weight is 138 g/mol. The Bertz CT molecular complexity index is 206. The molecule has 0 unspecified atom stereocenters. The minimum absolute atomic E-state index is 0.0724. The van der Waals surface area contributed by atoms with Crippen LogP contribution in [0.4, 0.5) is 0 Å². The van der Waals surface area contributed by atoms with Crippen LogP contribution in [-0.4, -0.2) is 17.4 Å². The minimum atomic E-state index is -0.0724. The summed E-state index contributed by atoms with van der Waals surface area (Å²) in [7, 11) is 0. The normalized spacial score (nSPS) is 17.0. The van der Waals surface area contributed by atoms with Crippen LogP contribution in [0, 0.1) is 5.21 Å². The first-order valence-corrected chi connectivity index (χ1v) is 3.03. The first-order valence-electron chi connectivity index (χ1n) is 3.03. The maximum atomic E-state index is 10.7. The quantitative estimate of drug-likeness (QED) is 0.539. The molecule has 10 heavy (non-hydrogen) atoms. The van der Waals surface area contributed by atoms with Gasteiger partial charge in [-0.15, -0.1) is 0 Å². The monoisotopic (exact) mass is 138 g/mol. The van der Waals surface area contributed by atoms with Crippen molar-refractivity contribution < 1.29 is 4.79 Å². The molecular weight excluding hydrogens is 130 g/mol. The lowest BCUT2D eigenvalue weighted by molar-refractivity contribution is -0.113. The zero-order chi connectivity index (χ0) is 7.56. The predicted molar refractivity (Wildman–Crippen MR) is 38.0 cm³/mol. The van der Waals surface area contributed by atoms with Crippen LogP contribution in [0.3, 0.4) is 0 Å². The van der Waals surface area contributed by atoms with Gasteiger partial charge in [-0.1, -0.05) is 12.2 Å². The summed E-state index contributed by atoms with van der Waals surface area (Å²) in [6.45, 7) is 1.78. The fraction of sp³-hybridized carbons (Fsp3) is 0.286. The third kappa shape index (κ3) is 1.45. The number of hydrogen-bond donors (Lipinski definition) is 0. The van der Waals surface area contributed by atoms with E-state index in [1.807, 2.05) is 0 Å². The van der Waals surface area contributed by atoms with Gasteiger partial charge in [-0.2, -0.15) is 0 Å². The maximum absolute atomic E-state index is 10.7. The summed E-state index contributed by atoms with van der Waals surface area (Å²) in [5, 5.41) is 11.3. The van der Waals surface area contributed by atoms with Crippen molar-refractivity contribution in [2.45, 2.75) is 6.92 Å². The molecule has 3 nitrogen and oxygen atoms in total. The molecule has 0 saturated heterocycles. The van der Waals surface area contributed by atoms with Crippen LogP contribution in [0.5, 0.6) is 0 Å². The van der Waals surface area contributed by atoms with Crippen LogP contribution in [0.2, 0.25) is 0 Å². The molecular formula is C7H8NO2-. The number of nitrogens with zero attached hydrogens (tertiary/aromatic N) is 1. The highest BCUT2D eigenvalue weighted by atomic mass is 16.5. The highest BCUT2D eigenvalue weighted by Gasteiger charge is 2.01. The van der Waals surface area contributed by atoms with Crippen LogP contribution in [0.1, 0.15) is 6.92 Å². The summed E-state index contributed by atoms with van der Waals surface area (Å²) in [4.78, 5) is 10.7. The summed E-state index contributed by atoms with van der Waals surface area (Å²) >= 11 is 0. The van der Waals surface area contributed by atoms with Crippen LogP contribution < -0.4 is 0 Å². The number of carbonyl (C=O) groups is 1. The van der Waals surface area contributed by atoms with Crippen LogP contribution >= 0.6 is 0 Å². The molecule has 0 aliphatic carbocycles. The molecule has 1 aliphatic heterocycles. The van der Waals surface area contributed by atoms with Gasteiger partial charge < -0.3 is 10.3 Å². The first-order chi connectivity index (χ1) is 4.70. The van der Waals surface area contributed by atoms with Crippen LogP contribution in [0.15, 0.2) is 23.9 Å². The number of hydrogen-bond acceptors (Lipinski definition) is 3. The molecule has 0 radical (unpaired) electrons. The Kier molecular flexibility index (Phi) is 1.87. The highest BCUT2D eigenvalue weighted by Crippen LogP contribution is 2.06. The molecule has 1 rings (SSSR count). The van der Waals surface area contributed by atoms with E-state index in [-0.39, 0.29) is 5.78 Å². The smallest absolute Gasteiger partial charge is 0.161 e. The van der Waals surface area contributed by atoms with Crippen LogP contribution in [-0.2, 0) is 4.79 Å². The Balaban J connectivity index is 2.76. The second kappa shape index (κ2) is 2.66. The zero-order valence-corrected chi connectivity index (χ0v) is 5.70. The lowest BCUT2D eigenvalue weighted by atomic mass is 10.1. The van der Waals surface area contributed by atoms with Crippen molar-refractivity contribution in [3.8, 4) is 0 Å². The van der Waals surface area contributed by atoms with E-state index in [0.29, 0.717) is 12.1 Å². The standard InChI is InChI=1S/C7H8NO2/c1-6(9)7-3-2-4-8(10)5-7/h2-3,5H,4H2,1H3/q-1. The Morgan fingerprint density at radius 1 is 1.80 bits per heavy atom. The van der Waals surface area contributed by atoms with Crippen LogP contribution in [0.25, 0.3) is 0 Å². The van der Waals surface area contributed by atoms with Crippen molar-refractivity contribution in [2.75, 3.05) is 6.54 Å². The number of Topliss-reactive ketones (excluding diaryl/α,β-unsaturated/α-hetero) is 1. The number of rotatable bonds is 1. The van der Waals surface area contributed by atoms with E-state index in [1.165, 1.54) is 13.1 Å². The maximum Gasteiger partial charge on any atom is 0.161 e. The van der Waals surface area contributed by atoms with Gasteiger partial charge in [0.15, 0.2) is 5.78 Å². The first kappa shape index (κ1) is 7.02. The Morgan fingerprint density at radius 2 is 2.50 bits per heavy atom. The Hall–Kier alpha value is -1.09. The van der Waals surface area contributed by atoms with Gasteiger partial charge in [0.1, 0.15) is 0 Å².